The predicted octanol–water partition coefficient (Wildman–Crippen LogP) is 2.63. The highest BCUT2D eigenvalue weighted by Gasteiger charge is 1.94. The van der Waals surface area contributed by atoms with Gasteiger partial charge >= 0.3 is 0 Å². The van der Waals surface area contributed by atoms with Gasteiger partial charge in [0, 0.05) is 13.2 Å². The van der Waals surface area contributed by atoms with Gasteiger partial charge in [0.1, 0.15) is 0 Å². The first kappa shape index (κ1) is 25.5. The molecule has 0 amide bonds. The van der Waals surface area contributed by atoms with E-state index in [-0.39, 0.29) is 0 Å². The number of hydrogen-bond acceptors (Lipinski definition) is 6. The molecule has 0 heterocycles. The molecule has 0 saturated heterocycles. The molecular formula is C18H38INO5. The third-order valence-corrected chi connectivity index (χ3v) is 4.11. The minimum Gasteiger partial charge on any atom is -0.379 e. The van der Waals surface area contributed by atoms with Crippen molar-refractivity contribution in [3.8, 4) is 0 Å². The first-order valence-electron chi connectivity index (χ1n) is 9.36. The summed E-state index contributed by atoms with van der Waals surface area (Å²) in [6.07, 6.45) is 5.05. The van der Waals surface area contributed by atoms with Gasteiger partial charge in [-0.1, -0.05) is 35.4 Å². The highest BCUT2D eigenvalue weighted by molar-refractivity contribution is 14.1. The topological polar surface area (TPSA) is 49.4 Å². The lowest BCUT2D eigenvalue weighted by atomic mass is 10.2. The number of ether oxygens (including phenoxy) is 5. The van der Waals surface area contributed by atoms with Gasteiger partial charge in [0.15, 0.2) is 0 Å². The maximum atomic E-state index is 5.52. The standard InChI is InChI=1S/C18H38INO5/c1-20(2)8-10-22-12-14-24-16-18-25-17-15-23-13-11-21-9-6-4-3-5-7-19/h3-18H2,1-2H3. The van der Waals surface area contributed by atoms with Crippen LogP contribution < -0.4 is 0 Å². The zero-order valence-corrected chi connectivity index (χ0v) is 18.3. The molecule has 152 valence electrons. The van der Waals surface area contributed by atoms with E-state index in [0.29, 0.717) is 52.9 Å². The van der Waals surface area contributed by atoms with Gasteiger partial charge in [0.2, 0.25) is 0 Å². The maximum absolute atomic E-state index is 5.52. The Hall–Kier alpha value is 0.490. The molecular weight excluding hydrogens is 437 g/mol. The quantitative estimate of drug-likeness (QED) is 0.145. The first-order chi connectivity index (χ1) is 12.3. The second kappa shape index (κ2) is 22.5. The third kappa shape index (κ3) is 24.5. The summed E-state index contributed by atoms with van der Waals surface area (Å²) in [6, 6.07) is 0. The Kier molecular flexibility index (Phi) is 23.0. The van der Waals surface area contributed by atoms with E-state index in [1.165, 1.54) is 23.7 Å². The number of likely N-dealkylation sites (N-methyl/N-ethyl adjacent to an activating group) is 1. The van der Waals surface area contributed by atoms with Crippen LogP contribution in [0.5, 0.6) is 0 Å². The van der Waals surface area contributed by atoms with Gasteiger partial charge in [-0.2, -0.15) is 0 Å². The molecule has 0 N–H and O–H groups in total. The van der Waals surface area contributed by atoms with Crippen molar-refractivity contribution < 1.29 is 23.7 Å². The number of halogens is 1. The molecule has 7 heteroatoms. The third-order valence-electron chi connectivity index (χ3n) is 3.34. The molecule has 0 atom stereocenters. The maximum Gasteiger partial charge on any atom is 0.0701 e. The van der Waals surface area contributed by atoms with Crippen molar-refractivity contribution in [1.29, 1.82) is 0 Å². The predicted molar refractivity (Wildman–Crippen MR) is 110 cm³/mol. The second-order valence-corrected chi connectivity index (χ2v) is 7.05. The molecule has 0 fully saturated rings. The summed E-state index contributed by atoms with van der Waals surface area (Å²) in [5.41, 5.74) is 0. The molecule has 0 bridgehead atoms. The van der Waals surface area contributed by atoms with Crippen molar-refractivity contribution in [3.63, 3.8) is 0 Å². The molecule has 0 aliphatic carbocycles. The molecule has 0 saturated carbocycles. The molecule has 0 unspecified atom stereocenters. The van der Waals surface area contributed by atoms with Crippen LogP contribution >= 0.6 is 22.6 Å². The SMILES string of the molecule is CN(C)CCOCCOCCOCCOCCOCCCCCCI. The second-order valence-electron chi connectivity index (χ2n) is 5.97. The fraction of sp³-hybridized carbons (Fsp3) is 1.00. The summed E-state index contributed by atoms with van der Waals surface area (Å²) in [5, 5.41) is 0. The number of rotatable bonds is 21. The number of nitrogens with zero attached hydrogens (tertiary/aromatic N) is 1. The van der Waals surface area contributed by atoms with Crippen LogP contribution in [0.2, 0.25) is 0 Å². The van der Waals surface area contributed by atoms with Gasteiger partial charge in [-0.15, -0.1) is 0 Å². The Morgan fingerprint density at radius 2 is 0.920 bits per heavy atom. The molecule has 0 spiro atoms. The Bertz CT molecular complexity index is 248. The van der Waals surface area contributed by atoms with Gasteiger partial charge < -0.3 is 28.6 Å². The smallest absolute Gasteiger partial charge is 0.0701 e. The summed E-state index contributed by atoms with van der Waals surface area (Å²) in [7, 11) is 4.06. The molecule has 0 aromatic heterocycles. The van der Waals surface area contributed by atoms with Gasteiger partial charge in [0.25, 0.3) is 0 Å². The molecule has 0 aromatic rings. The van der Waals surface area contributed by atoms with Gasteiger partial charge in [-0.05, 0) is 31.4 Å². The van der Waals surface area contributed by atoms with Crippen molar-refractivity contribution in [2.75, 3.05) is 91.1 Å². The van der Waals surface area contributed by atoms with E-state index in [1.54, 1.807) is 0 Å². The van der Waals surface area contributed by atoms with Crippen LogP contribution in [-0.4, -0.2) is 96.0 Å². The van der Waals surface area contributed by atoms with Crippen LogP contribution in [0.4, 0.5) is 0 Å². The van der Waals surface area contributed by atoms with Gasteiger partial charge in [-0.3, -0.25) is 0 Å². The highest BCUT2D eigenvalue weighted by atomic mass is 127. The van der Waals surface area contributed by atoms with Crippen LogP contribution in [0.1, 0.15) is 25.7 Å². The lowest BCUT2D eigenvalue weighted by Gasteiger charge is -2.10. The van der Waals surface area contributed by atoms with Crippen molar-refractivity contribution in [2.24, 2.45) is 0 Å². The van der Waals surface area contributed by atoms with Crippen LogP contribution in [0, 0.1) is 0 Å². The Labute approximate surface area is 168 Å². The highest BCUT2D eigenvalue weighted by Crippen LogP contribution is 2.02. The van der Waals surface area contributed by atoms with E-state index in [9.17, 15) is 0 Å². The molecule has 0 aliphatic rings. The summed E-state index contributed by atoms with van der Waals surface area (Å²) in [4.78, 5) is 2.09. The summed E-state index contributed by atoms with van der Waals surface area (Å²) >= 11 is 2.42. The molecule has 25 heavy (non-hydrogen) atoms. The average molecular weight is 475 g/mol. The Balaban J connectivity index is 2.96. The molecule has 0 radical (unpaired) electrons. The zero-order chi connectivity index (χ0) is 18.4. The first-order valence-corrected chi connectivity index (χ1v) is 10.9. The van der Waals surface area contributed by atoms with E-state index < -0.39 is 0 Å². The lowest BCUT2D eigenvalue weighted by molar-refractivity contribution is -0.0118. The minimum absolute atomic E-state index is 0.592. The van der Waals surface area contributed by atoms with Crippen LogP contribution in [0.25, 0.3) is 0 Å². The Morgan fingerprint density at radius 1 is 0.520 bits per heavy atom. The molecule has 0 aromatic carbocycles. The number of hydrogen-bond donors (Lipinski definition) is 0. The van der Waals surface area contributed by atoms with Crippen molar-refractivity contribution in [2.45, 2.75) is 25.7 Å². The zero-order valence-electron chi connectivity index (χ0n) is 16.2. The van der Waals surface area contributed by atoms with Crippen LogP contribution in [0.15, 0.2) is 0 Å². The molecule has 0 aliphatic heterocycles. The normalized spacial score (nSPS) is 11.5. The van der Waals surface area contributed by atoms with Gasteiger partial charge in [0.05, 0.1) is 59.5 Å². The molecule has 0 rings (SSSR count). The van der Waals surface area contributed by atoms with E-state index >= 15 is 0 Å². The lowest BCUT2D eigenvalue weighted by Crippen LogP contribution is -2.19. The number of unbranched alkanes of at least 4 members (excludes halogenated alkanes) is 3. The van der Waals surface area contributed by atoms with Gasteiger partial charge in [-0.25, -0.2) is 0 Å². The van der Waals surface area contributed by atoms with Crippen molar-refractivity contribution in [1.82, 2.24) is 4.90 Å². The summed E-state index contributed by atoms with van der Waals surface area (Å²) in [6.45, 7) is 7.47. The average Bonchev–Trinajstić information content (AvgIpc) is 2.60. The fourth-order valence-electron chi connectivity index (χ4n) is 1.88. The van der Waals surface area contributed by atoms with Crippen molar-refractivity contribution in [3.05, 3.63) is 0 Å². The number of alkyl halides is 1. The van der Waals surface area contributed by atoms with E-state index in [0.717, 1.165) is 26.2 Å². The largest absolute Gasteiger partial charge is 0.379 e. The van der Waals surface area contributed by atoms with E-state index in [2.05, 4.69) is 27.5 Å². The summed E-state index contributed by atoms with van der Waals surface area (Å²) < 4.78 is 28.5. The molecule has 6 nitrogen and oxygen atoms in total. The van der Waals surface area contributed by atoms with Crippen LogP contribution in [-0.2, 0) is 23.7 Å². The van der Waals surface area contributed by atoms with E-state index in [1.807, 2.05) is 14.1 Å². The monoisotopic (exact) mass is 475 g/mol. The van der Waals surface area contributed by atoms with Crippen molar-refractivity contribution >= 4 is 22.6 Å². The minimum atomic E-state index is 0.592. The summed E-state index contributed by atoms with van der Waals surface area (Å²) in [5.74, 6) is 0. The Morgan fingerprint density at radius 3 is 1.36 bits per heavy atom. The van der Waals surface area contributed by atoms with Crippen LogP contribution in [0.3, 0.4) is 0 Å². The fourth-order valence-corrected chi connectivity index (χ4v) is 2.42. The van der Waals surface area contributed by atoms with E-state index in [4.69, 9.17) is 23.7 Å².